The lowest BCUT2D eigenvalue weighted by Crippen LogP contribution is -2.47. The number of nitrogens with zero attached hydrogens (tertiary/aromatic N) is 1. The van der Waals surface area contributed by atoms with Gasteiger partial charge in [0, 0.05) is 31.9 Å². The fourth-order valence-electron chi connectivity index (χ4n) is 3.91. The summed E-state index contributed by atoms with van der Waals surface area (Å²) >= 11 is 0. The lowest BCUT2D eigenvalue weighted by Gasteiger charge is -2.40. The number of rotatable bonds is 7. The summed E-state index contributed by atoms with van der Waals surface area (Å²) in [6.07, 6.45) is 3.49. The van der Waals surface area contributed by atoms with Crippen molar-refractivity contribution in [1.29, 1.82) is 0 Å². The van der Waals surface area contributed by atoms with Crippen molar-refractivity contribution in [2.24, 2.45) is 16.3 Å². The third-order valence-corrected chi connectivity index (χ3v) is 6.00. The average molecular weight is 570 g/mol. The molecule has 1 aromatic carbocycles. The molecule has 0 radical (unpaired) electrons. The molecule has 2 rings (SSSR count). The van der Waals surface area contributed by atoms with Gasteiger partial charge in [-0.1, -0.05) is 26.8 Å². The molecule has 31 heavy (non-hydrogen) atoms. The lowest BCUT2D eigenvalue weighted by molar-refractivity contribution is -0.0835. The number of aliphatic imine (C=N–C) groups is 1. The SMILES string of the molecule is CCNC(=NCc1cc(F)ccc1CS(C)(=O)=O)NCC1CCCOC1C(C)(C)C.I. The van der Waals surface area contributed by atoms with Gasteiger partial charge in [0.1, 0.15) is 5.82 Å². The van der Waals surface area contributed by atoms with E-state index in [4.69, 9.17) is 4.74 Å². The fourth-order valence-corrected chi connectivity index (χ4v) is 4.75. The Morgan fingerprint density at radius 1 is 1.26 bits per heavy atom. The van der Waals surface area contributed by atoms with Crippen molar-refractivity contribution in [3.05, 3.63) is 35.1 Å². The molecule has 1 fully saturated rings. The monoisotopic (exact) mass is 569 g/mol. The standard InChI is InChI=1S/C22H36FN3O3S.HI/c1-6-24-21(25-13-16-8-7-11-29-20(16)22(2,3)4)26-14-18-12-19(23)10-9-17(18)15-30(5,27)28;/h9-10,12,16,20H,6-8,11,13-15H2,1-5H3,(H2,24,25,26);1H. The van der Waals surface area contributed by atoms with E-state index in [0.29, 0.717) is 29.5 Å². The highest BCUT2D eigenvalue weighted by Gasteiger charge is 2.35. The number of benzene rings is 1. The van der Waals surface area contributed by atoms with Gasteiger partial charge in [0.2, 0.25) is 0 Å². The van der Waals surface area contributed by atoms with Gasteiger partial charge in [-0.2, -0.15) is 0 Å². The predicted octanol–water partition coefficient (Wildman–Crippen LogP) is 3.88. The molecular formula is C22H37FIN3O3S. The van der Waals surface area contributed by atoms with Crippen LogP contribution in [-0.2, 0) is 26.9 Å². The van der Waals surface area contributed by atoms with E-state index in [0.717, 1.165) is 26.0 Å². The number of sulfone groups is 1. The molecule has 0 spiro atoms. The van der Waals surface area contributed by atoms with Crippen LogP contribution in [0.15, 0.2) is 23.2 Å². The van der Waals surface area contributed by atoms with Crippen molar-refractivity contribution in [2.75, 3.05) is 26.0 Å². The molecule has 0 aromatic heterocycles. The van der Waals surface area contributed by atoms with Crippen LogP contribution in [0.2, 0.25) is 0 Å². The fraction of sp³-hybridized carbons (Fsp3) is 0.682. The topological polar surface area (TPSA) is 79.8 Å². The zero-order chi connectivity index (χ0) is 22.4. The molecule has 1 aromatic rings. The van der Waals surface area contributed by atoms with Crippen LogP contribution in [0.5, 0.6) is 0 Å². The predicted molar refractivity (Wildman–Crippen MR) is 135 cm³/mol. The van der Waals surface area contributed by atoms with E-state index in [1.54, 1.807) is 0 Å². The lowest BCUT2D eigenvalue weighted by atomic mass is 9.78. The van der Waals surface area contributed by atoms with Gasteiger partial charge in [0.05, 0.1) is 18.4 Å². The van der Waals surface area contributed by atoms with E-state index in [1.807, 2.05) is 6.92 Å². The van der Waals surface area contributed by atoms with Crippen molar-refractivity contribution < 1.29 is 17.5 Å². The Hall–Kier alpha value is -0.940. The second kappa shape index (κ2) is 12.3. The van der Waals surface area contributed by atoms with E-state index < -0.39 is 15.7 Å². The molecule has 6 nitrogen and oxygen atoms in total. The summed E-state index contributed by atoms with van der Waals surface area (Å²) < 4.78 is 43.2. The van der Waals surface area contributed by atoms with Gasteiger partial charge in [0.25, 0.3) is 0 Å². The Labute approximate surface area is 203 Å². The summed E-state index contributed by atoms with van der Waals surface area (Å²) in [5, 5.41) is 6.61. The average Bonchev–Trinajstić information content (AvgIpc) is 2.64. The normalized spacial score (nSPS) is 20.1. The summed E-state index contributed by atoms with van der Waals surface area (Å²) in [6, 6.07) is 4.17. The van der Waals surface area contributed by atoms with Crippen LogP contribution < -0.4 is 10.6 Å². The Bertz CT molecular complexity index is 841. The second-order valence-electron chi connectivity index (χ2n) is 9.12. The van der Waals surface area contributed by atoms with Gasteiger partial charge in [-0.3, -0.25) is 0 Å². The number of nitrogens with one attached hydrogen (secondary N) is 2. The summed E-state index contributed by atoms with van der Waals surface area (Å²) in [7, 11) is -3.22. The number of ether oxygens (including phenoxy) is 1. The van der Waals surface area contributed by atoms with E-state index in [9.17, 15) is 12.8 Å². The Morgan fingerprint density at radius 2 is 1.97 bits per heavy atom. The van der Waals surface area contributed by atoms with Crippen LogP contribution in [0, 0.1) is 17.2 Å². The minimum Gasteiger partial charge on any atom is -0.377 e. The molecule has 9 heteroatoms. The molecule has 0 bridgehead atoms. The first-order valence-corrected chi connectivity index (χ1v) is 12.6. The van der Waals surface area contributed by atoms with Gasteiger partial charge in [-0.15, -0.1) is 24.0 Å². The third kappa shape index (κ3) is 9.61. The molecule has 2 atom stereocenters. The molecule has 0 saturated carbocycles. The smallest absolute Gasteiger partial charge is 0.191 e. The number of hydrogen-bond acceptors (Lipinski definition) is 4. The van der Waals surface area contributed by atoms with Gasteiger partial charge < -0.3 is 15.4 Å². The van der Waals surface area contributed by atoms with E-state index in [2.05, 4.69) is 36.4 Å². The van der Waals surface area contributed by atoms with Gasteiger partial charge in [-0.25, -0.2) is 17.8 Å². The van der Waals surface area contributed by atoms with Gasteiger partial charge in [-0.05, 0) is 48.4 Å². The maximum absolute atomic E-state index is 13.8. The minimum absolute atomic E-state index is 0. The molecule has 0 amide bonds. The highest BCUT2D eigenvalue weighted by atomic mass is 127. The molecule has 2 N–H and O–H groups in total. The van der Waals surface area contributed by atoms with Crippen molar-refractivity contribution >= 4 is 39.8 Å². The van der Waals surface area contributed by atoms with Crippen LogP contribution in [0.1, 0.15) is 51.7 Å². The summed E-state index contributed by atoms with van der Waals surface area (Å²) in [6.45, 7) is 11.0. The first kappa shape index (κ1) is 28.1. The first-order valence-electron chi connectivity index (χ1n) is 10.6. The second-order valence-corrected chi connectivity index (χ2v) is 11.3. The first-order chi connectivity index (χ1) is 14.0. The zero-order valence-electron chi connectivity index (χ0n) is 19.2. The molecule has 2 unspecified atom stereocenters. The Kier molecular flexibility index (Phi) is 11.2. The summed E-state index contributed by atoms with van der Waals surface area (Å²) in [5.41, 5.74) is 1.21. The van der Waals surface area contributed by atoms with Crippen molar-refractivity contribution in [3.8, 4) is 0 Å². The van der Waals surface area contributed by atoms with E-state index in [1.165, 1.54) is 24.5 Å². The zero-order valence-corrected chi connectivity index (χ0v) is 22.3. The highest BCUT2D eigenvalue weighted by Crippen LogP contribution is 2.33. The van der Waals surface area contributed by atoms with Crippen molar-refractivity contribution in [3.63, 3.8) is 0 Å². The minimum atomic E-state index is -3.22. The van der Waals surface area contributed by atoms with Gasteiger partial charge >= 0.3 is 0 Å². The summed E-state index contributed by atoms with van der Waals surface area (Å²) in [5.74, 6) is 0.472. The largest absolute Gasteiger partial charge is 0.377 e. The molecule has 1 saturated heterocycles. The Morgan fingerprint density at radius 3 is 2.58 bits per heavy atom. The van der Waals surface area contributed by atoms with Crippen LogP contribution in [-0.4, -0.2) is 46.4 Å². The van der Waals surface area contributed by atoms with Crippen LogP contribution in [0.3, 0.4) is 0 Å². The van der Waals surface area contributed by atoms with Crippen molar-refractivity contribution in [1.82, 2.24) is 10.6 Å². The maximum Gasteiger partial charge on any atom is 0.191 e. The number of hydrogen-bond donors (Lipinski definition) is 2. The van der Waals surface area contributed by atoms with Crippen LogP contribution >= 0.6 is 24.0 Å². The molecule has 178 valence electrons. The maximum atomic E-state index is 13.8. The number of halogens is 2. The van der Waals surface area contributed by atoms with Crippen LogP contribution in [0.25, 0.3) is 0 Å². The van der Waals surface area contributed by atoms with Gasteiger partial charge in [0.15, 0.2) is 15.8 Å². The summed E-state index contributed by atoms with van der Waals surface area (Å²) in [4.78, 5) is 4.58. The molecule has 0 aliphatic carbocycles. The molecule has 1 aliphatic rings. The highest BCUT2D eigenvalue weighted by molar-refractivity contribution is 14.0. The molecular weight excluding hydrogens is 532 g/mol. The molecule has 1 aliphatic heterocycles. The Balaban J connectivity index is 0.00000480. The third-order valence-electron chi connectivity index (χ3n) is 5.17. The quantitative estimate of drug-likeness (QED) is 0.296. The van der Waals surface area contributed by atoms with Crippen LogP contribution in [0.4, 0.5) is 4.39 Å². The molecule has 1 heterocycles. The van der Waals surface area contributed by atoms with E-state index in [-0.39, 0.29) is 47.8 Å². The van der Waals surface area contributed by atoms with E-state index >= 15 is 0 Å². The number of guanidine groups is 1. The van der Waals surface area contributed by atoms with Crippen molar-refractivity contribution in [2.45, 2.75) is 58.9 Å².